The van der Waals surface area contributed by atoms with Crippen LogP contribution in [-0.4, -0.2) is 26.4 Å². The number of aryl methyl sites for hydroxylation is 1. The number of para-hydroxylation sites is 1. The van der Waals surface area contributed by atoms with Crippen molar-refractivity contribution in [3.05, 3.63) is 82.5 Å². The summed E-state index contributed by atoms with van der Waals surface area (Å²) in [6.45, 7) is 2.24. The summed E-state index contributed by atoms with van der Waals surface area (Å²) in [5.41, 5.74) is 4.61. The summed E-state index contributed by atoms with van der Waals surface area (Å²) in [6.07, 6.45) is 3.15. The SMILES string of the molecule is COc1ccc(NC(=O)c2ccc3[nH]c4c(c3c2)CC(C)CC4)cc1S(=O)(=O)Nc1ccccc1Cl. The van der Waals surface area contributed by atoms with Crippen LogP contribution in [0.2, 0.25) is 5.02 Å². The number of amides is 1. The van der Waals surface area contributed by atoms with E-state index in [9.17, 15) is 13.2 Å². The molecule has 4 aromatic rings. The smallest absolute Gasteiger partial charge is 0.265 e. The molecule has 3 N–H and O–H groups in total. The number of fused-ring (bicyclic) bond motifs is 3. The molecule has 0 saturated heterocycles. The molecule has 3 aromatic carbocycles. The Morgan fingerprint density at radius 2 is 1.92 bits per heavy atom. The van der Waals surface area contributed by atoms with Gasteiger partial charge in [-0.3, -0.25) is 9.52 Å². The molecule has 1 amide bonds. The molecule has 1 aliphatic rings. The molecule has 1 heterocycles. The average Bonchev–Trinajstić information content (AvgIpc) is 3.22. The van der Waals surface area contributed by atoms with Gasteiger partial charge in [0.15, 0.2) is 0 Å². The molecule has 5 rings (SSSR count). The van der Waals surface area contributed by atoms with Gasteiger partial charge < -0.3 is 15.0 Å². The van der Waals surface area contributed by atoms with Gasteiger partial charge in [0.05, 0.1) is 17.8 Å². The van der Waals surface area contributed by atoms with Crippen molar-refractivity contribution >= 4 is 49.8 Å². The minimum atomic E-state index is -4.05. The summed E-state index contributed by atoms with van der Waals surface area (Å²) >= 11 is 6.13. The fraction of sp³-hybridized carbons (Fsp3) is 0.222. The largest absolute Gasteiger partial charge is 0.495 e. The number of carbonyl (C=O) groups is 1. The standard InChI is InChI=1S/C27H26ClN3O4S/c1-16-7-10-22-19(13-16)20-14-17(8-11-23(20)30-22)27(32)29-18-9-12-25(35-2)26(15-18)36(33,34)31-24-6-4-3-5-21(24)28/h3-6,8-9,11-12,14-16,30-31H,7,10,13H2,1-2H3,(H,29,32). The average molecular weight is 524 g/mol. The molecule has 0 aliphatic heterocycles. The maximum Gasteiger partial charge on any atom is 0.265 e. The highest BCUT2D eigenvalue weighted by molar-refractivity contribution is 7.92. The lowest BCUT2D eigenvalue weighted by atomic mass is 9.87. The zero-order valence-corrected chi connectivity index (χ0v) is 21.5. The lowest BCUT2D eigenvalue weighted by molar-refractivity contribution is 0.102. The first kappa shape index (κ1) is 24.2. The zero-order valence-electron chi connectivity index (χ0n) is 19.9. The quantitative estimate of drug-likeness (QED) is 0.288. The molecule has 0 spiro atoms. The highest BCUT2D eigenvalue weighted by atomic mass is 35.5. The van der Waals surface area contributed by atoms with Gasteiger partial charge in [-0.1, -0.05) is 30.7 Å². The third-order valence-electron chi connectivity index (χ3n) is 6.53. The molecule has 36 heavy (non-hydrogen) atoms. The first-order valence-electron chi connectivity index (χ1n) is 11.7. The van der Waals surface area contributed by atoms with Crippen molar-refractivity contribution in [2.45, 2.75) is 31.1 Å². The molecular weight excluding hydrogens is 498 g/mol. The number of ether oxygens (including phenoxy) is 1. The first-order valence-corrected chi connectivity index (χ1v) is 13.5. The van der Waals surface area contributed by atoms with Gasteiger partial charge in [-0.05, 0) is 79.3 Å². The van der Waals surface area contributed by atoms with Crippen LogP contribution < -0.4 is 14.8 Å². The van der Waals surface area contributed by atoms with Crippen molar-refractivity contribution < 1.29 is 17.9 Å². The summed E-state index contributed by atoms with van der Waals surface area (Å²) in [7, 11) is -2.67. The highest BCUT2D eigenvalue weighted by Crippen LogP contribution is 2.33. The van der Waals surface area contributed by atoms with E-state index in [1.54, 1.807) is 36.4 Å². The van der Waals surface area contributed by atoms with Crippen molar-refractivity contribution in [1.29, 1.82) is 0 Å². The Bertz CT molecular complexity index is 1580. The summed E-state index contributed by atoms with van der Waals surface area (Å²) in [5.74, 6) is 0.415. The van der Waals surface area contributed by atoms with Gasteiger partial charge in [-0.2, -0.15) is 0 Å². The Labute approximate surface area is 214 Å². The normalized spacial score (nSPS) is 15.4. The van der Waals surface area contributed by atoms with Gasteiger partial charge in [0.2, 0.25) is 0 Å². The number of hydrogen-bond acceptors (Lipinski definition) is 4. The number of halogens is 1. The molecule has 1 aromatic heterocycles. The van der Waals surface area contributed by atoms with Crippen molar-refractivity contribution in [1.82, 2.24) is 4.98 Å². The van der Waals surface area contributed by atoms with Gasteiger partial charge in [-0.25, -0.2) is 8.42 Å². The lowest BCUT2D eigenvalue weighted by Gasteiger charge is -2.18. The maximum absolute atomic E-state index is 13.2. The summed E-state index contributed by atoms with van der Waals surface area (Å²) in [5, 5.41) is 4.15. The minimum absolute atomic E-state index is 0.119. The van der Waals surface area contributed by atoms with Crippen LogP contribution in [0.3, 0.4) is 0 Å². The number of hydrogen-bond donors (Lipinski definition) is 3. The third kappa shape index (κ3) is 4.66. The number of H-pyrrole nitrogens is 1. The van der Waals surface area contributed by atoms with Gasteiger partial charge >= 0.3 is 0 Å². The summed E-state index contributed by atoms with van der Waals surface area (Å²) < 4.78 is 34.1. The molecule has 0 fully saturated rings. The topological polar surface area (TPSA) is 100 Å². The van der Waals surface area contributed by atoms with E-state index in [4.69, 9.17) is 16.3 Å². The Morgan fingerprint density at radius 1 is 1.11 bits per heavy atom. The number of aromatic nitrogens is 1. The first-order chi connectivity index (χ1) is 17.2. The predicted molar refractivity (Wildman–Crippen MR) is 143 cm³/mol. The number of anilines is 2. The number of aromatic amines is 1. The van der Waals surface area contributed by atoms with Crippen LogP contribution in [0.15, 0.2) is 65.6 Å². The monoisotopic (exact) mass is 523 g/mol. The Morgan fingerprint density at radius 3 is 2.69 bits per heavy atom. The molecule has 9 heteroatoms. The third-order valence-corrected chi connectivity index (χ3v) is 8.24. The Hall–Kier alpha value is -3.49. The summed E-state index contributed by atoms with van der Waals surface area (Å²) in [6, 6.07) is 16.6. The number of benzene rings is 3. The van der Waals surface area contributed by atoms with E-state index in [0.717, 1.165) is 30.2 Å². The van der Waals surface area contributed by atoms with Crippen LogP contribution in [-0.2, 0) is 22.9 Å². The Balaban J connectivity index is 1.43. The minimum Gasteiger partial charge on any atom is -0.495 e. The number of nitrogens with one attached hydrogen (secondary N) is 3. The second kappa shape index (κ2) is 9.52. The van der Waals surface area contributed by atoms with Crippen LogP contribution >= 0.6 is 11.6 Å². The van der Waals surface area contributed by atoms with Gasteiger partial charge in [0, 0.05) is 27.8 Å². The molecule has 1 atom stereocenters. The van der Waals surface area contributed by atoms with E-state index in [1.165, 1.54) is 30.5 Å². The van der Waals surface area contributed by atoms with Crippen molar-refractivity contribution in [2.75, 3.05) is 17.1 Å². The predicted octanol–water partition coefficient (Wildman–Crippen LogP) is 6.01. The van der Waals surface area contributed by atoms with Crippen LogP contribution in [0, 0.1) is 5.92 Å². The molecule has 1 aliphatic carbocycles. The molecule has 0 radical (unpaired) electrons. The Kier molecular flexibility index (Phi) is 6.40. The number of carbonyl (C=O) groups excluding carboxylic acids is 1. The molecule has 0 saturated carbocycles. The molecule has 7 nitrogen and oxygen atoms in total. The summed E-state index contributed by atoms with van der Waals surface area (Å²) in [4.78, 5) is 16.5. The molecule has 0 bridgehead atoms. The highest BCUT2D eigenvalue weighted by Gasteiger charge is 2.23. The van der Waals surface area contributed by atoms with E-state index >= 15 is 0 Å². The van der Waals surface area contributed by atoms with E-state index in [2.05, 4.69) is 21.9 Å². The fourth-order valence-corrected chi connectivity index (χ4v) is 6.16. The van der Waals surface area contributed by atoms with Crippen LogP contribution in [0.4, 0.5) is 11.4 Å². The van der Waals surface area contributed by atoms with E-state index in [0.29, 0.717) is 17.2 Å². The second-order valence-corrected chi connectivity index (χ2v) is 11.2. The fourth-order valence-electron chi connectivity index (χ4n) is 4.64. The van der Waals surface area contributed by atoms with Crippen LogP contribution in [0.5, 0.6) is 5.75 Å². The number of methoxy groups -OCH3 is 1. The van der Waals surface area contributed by atoms with E-state index in [-0.39, 0.29) is 27.3 Å². The van der Waals surface area contributed by atoms with Gasteiger partial charge in [-0.15, -0.1) is 0 Å². The number of sulfonamides is 1. The van der Waals surface area contributed by atoms with Gasteiger partial charge in [0.25, 0.3) is 15.9 Å². The van der Waals surface area contributed by atoms with Crippen molar-refractivity contribution in [2.24, 2.45) is 5.92 Å². The second-order valence-electron chi connectivity index (χ2n) is 9.10. The van der Waals surface area contributed by atoms with Crippen LogP contribution in [0.1, 0.15) is 35.0 Å². The van der Waals surface area contributed by atoms with Crippen molar-refractivity contribution in [3.63, 3.8) is 0 Å². The van der Waals surface area contributed by atoms with Crippen molar-refractivity contribution in [3.8, 4) is 5.75 Å². The maximum atomic E-state index is 13.2. The zero-order chi connectivity index (χ0) is 25.4. The molecule has 186 valence electrons. The van der Waals surface area contributed by atoms with Crippen LogP contribution in [0.25, 0.3) is 10.9 Å². The molecular formula is C27H26ClN3O4S. The number of rotatable bonds is 6. The van der Waals surface area contributed by atoms with E-state index < -0.39 is 10.0 Å². The lowest BCUT2D eigenvalue weighted by Crippen LogP contribution is -2.16. The van der Waals surface area contributed by atoms with Gasteiger partial charge in [0.1, 0.15) is 10.6 Å². The molecule has 1 unspecified atom stereocenters. The van der Waals surface area contributed by atoms with E-state index in [1.807, 2.05) is 12.1 Å².